The summed E-state index contributed by atoms with van der Waals surface area (Å²) in [6.07, 6.45) is 6.36. The number of fused-ring (bicyclic) bond motifs is 1. The molecule has 2 fully saturated rings. The normalized spacial score (nSPS) is 18.4. The summed E-state index contributed by atoms with van der Waals surface area (Å²) in [6, 6.07) is 10.6. The number of aromatic nitrogens is 3. The molecule has 31 heavy (non-hydrogen) atoms. The molecule has 5 rings (SSSR count). The second kappa shape index (κ2) is 7.36. The topological polar surface area (TPSA) is 65.1 Å². The number of benzene rings is 1. The first-order valence-electron chi connectivity index (χ1n) is 11.2. The minimum Gasteiger partial charge on any atom is -0.354 e. The molecule has 1 amide bonds. The van der Waals surface area contributed by atoms with Crippen LogP contribution in [0.1, 0.15) is 44.7 Å². The van der Waals surface area contributed by atoms with Gasteiger partial charge >= 0.3 is 0 Å². The Morgan fingerprint density at radius 1 is 1.06 bits per heavy atom. The number of carbonyl (C=O) groups excluding carboxylic acids is 1. The lowest BCUT2D eigenvalue weighted by atomic mass is 9.86. The predicted octanol–water partition coefficient (Wildman–Crippen LogP) is 3.93. The fourth-order valence-corrected chi connectivity index (χ4v) is 4.67. The lowest BCUT2D eigenvalue weighted by Crippen LogP contribution is -2.37. The van der Waals surface area contributed by atoms with E-state index in [1.807, 2.05) is 12.3 Å². The van der Waals surface area contributed by atoms with Crippen LogP contribution in [-0.4, -0.2) is 51.9 Å². The molecule has 2 aliphatic rings. The summed E-state index contributed by atoms with van der Waals surface area (Å²) in [5.74, 6) is 1.20. The Balaban J connectivity index is 1.31. The zero-order chi connectivity index (χ0) is 21.6. The van der Waals surface area contributed by atoms with E-state index in [9.17, 15) is 4.79 Å². The van der Waals surface area contributed by atoms with Gasteiger partial charge in [-0.15, -0.1) is 0 Å². The number of hydrogen-bond acceptors (Lipinski definition) is 4. The summed E-state index contributed by atoms with van der Waals surface area (Å²) in [7, 11) is 0. The largest absolute Gasteiger partial charge is 0.354 e. The minimum atomic E-state index is 0.126. The maximum atomic E-state index is 13.2. The molecule has 0 radical (unpaired) electrons. The SMILES string of the molecule is CC(C)(C)c1ccc(CC(=O)N2CCN(c3ncnc4[nH]ccc34)CC3(CC3)C2)cc1. The molecule has 6 heteroatoms. The molecule has 3 heterocycles. The van der Waals surface area contributed by atoms with Gasteiger partial charge in [-0.1, -0.05) is 45.0 Å². The average Bonchev–Trinajstić information content (AvgIpc) is 3.38. The smallest absolute Gasteiger partial charge is 0.227 e. The first-order chi connectivity index (χ1) is 14.8. The molecule has 1 N–H and O–H groups in total. The number of aromatic amines is 1. The van der Waals surface area contributed by atoms with Crippen LogP contribution in [-0.2, 0) is 16.6 Å². The van der Waals surface area contributed by atoms with Gasteiger partial charge in [-0.2, -0.15) is 0 Å². The molecule has 0 atom stereocenters. The van der Waals surface area contributed by atoms with Crippen molar-refractivity contribution < 1.29 is 4.79 Å². The molecular weight excluding hydrogens is 386 g/mol. The first-order valence-corrected chi connectivity index (χ1v) is 11.2. The summed E-state index contributed by atoms with van der Waals surface area (Å²) in [5.41, 5.74) is 3.59. The fraction of sp³-hybridized carbons (Fsp3) is 0.480. The van der Waals surface area contributed by atoms with Gasteiger partial charge in [0, 0.05) is 37.8 Å². The van der Waals surface area contributed by atoms with Crippen molar-refractivity contribution >= 4 is 22.8 Å². The van der Waals surface area contributed by atoms with Crippen LogP contribution in [0.3, 0.4) is 0 Å². The van der Waals surface area contributed by atoms with Crippen molar-refractivity contribution in [2.45, 2.75) is 45.4 Å². The van der Waals surface area contributed by atoms with Crippen molar-refractivity contribution in [1.29, 1.82) is 0 Å². The standard InChI is InChI=1S/C25H31N5O/c1-24(2,3)19-6-4-18(5-7-19)14-21(31)29-12-13-30(16-25(15-29)9-10-25)23-20-8-11-26-22(20)27-17-28-23/h4-8,11,17H,9-10,12-16H2,1-3H3,(H,26,27,28). The van der Waals surface area contributed by atoms with Gasteiger partial charge in [0.15, 0.2) is 0 Å². The van der Waals surface area contributed by atoms with Crippen molar-refractivity contribution in [3.8, 4) is 0 Å². The lowest BCUT2D eigenvalue weighted by molar-refractivity contribution is -0.130. The van der Waals surface area contributed by atoms with Crippen LogP contribution < -0.4 is 4.90 Å². The molecule has 1 aliphatic carbocycles. The Labute approximate surface area is 183 Å². The van der Waals surface area contributed by atoms with Crippen LogP contribution in [0.25, 0.3) is 11.0 Å². The van der Waals surface area contributed by atoms with E-state index in [1.165, 1.54) is 18.4 Å². The van der Waals surface area contributed by atoms with Crippen molar-refractivity contribution in [3.63, 3.8) is 0 Å². The first kappa shape index (κ1) is 20.0. The summed E-state index contributed by atoms with van der Waals surface area (Å²) in [4.78, 5) is 29.7. The second-order valence-corrected chi connectivity index (χ2v) is 10.3. The van der Waals surface area contributed by atoms with Crippen LogP contribution in [0.4, 0.5) is 5.82 Å². The Morgan fingerprint density at radius 3 is 2.55 bits per heavy atom. The van der Waals surface area contributed by atoms with Crippen molar-refractivity contribution in [3.05, 3.63) is 54.0 Å². The zero-order valence-electron chi connectivity index (χ0n) is 18.7. The minimum absolute atomic E-state index is 0.126. The van der Waals surface area contributed by atoms with Crippen molar-refractivity contribution in [1.82, 2.24) is 19.9 Å². The van der Waals surface area contributed by atoms with Gasteiger partial charge in [0.05, 0.1) is 11.8 Å². The van der Waals surface area contributed by atoms with E-state index in [0.717, 1.165) is 48.6 Å². The Hall–Kier alpha value is -2.89. The second-order valence-electron chi connectivity index (χ2n) is 10.3. The number of anilines is 1. The van der Waals surface area contributed by atoms with Crippen LogP contribution in [0.2, 0.25) is 0 Å². The number of nitrogens with zero attached hydrogens (tertiary/aromatic N) is 4. The number of amides is 1. The molecule has 1 spiro atoms. The number of nitrogens with one attached hydrogen (secondary N) is 1. The monoisotopic (exact) mass is 417 g/mol. The number of rotatable bonds is 3. The van der Waals surface area contributed by atoms with Gasteiger partial charge in [-0.25, -0.2) is 9.97 Å². The highest BCUT2D eigenvalue weighted by molar-refractivity contribution is 5.87. The number of carbonyl (C=O) groups is 1. The summed E-state index contributed by atoms with van der Waals surface area (Å²) in [6.45, 7) is 9.97. The van der Waals surface area contributed by atoms with E-state index in [2.05, 4.69) is 69.8 Å². The van der Waals surface area contributed by atoms with E-state index in [1.54, 1.807) is 6.33 Å². The van der Waals surface area contributed by atoms with Gasteiger partial charge in [-0.3, -0.25) is 4.79 Å². The van der Waals surface area contributed by atoms with E-state index < -0.39 is 0 Å². The third kappa shape index (κ3) is 4.03. The lowest BCUT2D eigenvalue weighted by Gasteiger charge is -2.25. The molecular formula is C25H31N5O. The highest BCUT2D eigenvalue weighted by Crippen LogP contribution is 2.48. The van der Waals surface area contributed by atoms with Gasteiger partial charge in [-0.05, 0) is 35.4 Å². The third-order valence-corrected chi connectivity index (χ3v) is 6.81. The molecule has 0 unspecified atom stereocenters. The number of hydrogen-bond donors (Lipinski definition) is 1. The zero-order valence-corrected chi connectivity index (χ0v) is 18.7. The van der Waals surface area contributed by atoms with E-state index >= 15 is 0 Å². The molecule has 162 valence electrons. The molecule has 1 aliphatic heterocycles. The third-order valence-electron chi connectivity index (χ3n) is 6.81. The average molecular weight is 418 g/mol. The maximum Gasteiger partial charge on any atom is 0.227 e. The Kier molecular flexibility index (Phi) is 4.76. The van der Waals surface area contributed by atoms with Crippen LogP contribution in [0, 0.1) is 5.41 Å². The van der Waals surface area contributed by atoms with Gasteiger partial charge in [0.25, 0.3) is 0 Å². The summed E-state index contributed by atoms with van der Waals surface area (Å²) < 4.78 is 0. The van der Waals surface area contributed by atoms with E-state index in [4.69, 9.17) is 0 Å². The molecule has 2 aromatic heterocycles. The van der Waals surface area contributed by atoms with Gasteiger partial charge in [0.2, 0.25) is 5.91 Å². The van der Waals surface area contributed by atoms with Crippen molar-refractivity contribution in [2.75, 3.05) is 31.1 Å². The molecule has 6 nitrogen and oxygen atoms in total. The number of H-pyrrole nitrogens is 1. The molecule has 1 aromatic carbocycles. The maximum absolute atomic E-state index is 13.2. The van der Waals surface area contributed by atoms with Crippen LogP contribution in [0.15, 0.2) is 42.9 Å². The predicted molar refractivity (Wildman–Crippen MR) is 123 cm³/mol. The fourth-order valence-electron chi connectivity index (χ4n) is 4.67. The quantitative estimate of drug-likeness (QED) is 0.701. The molecule has 3 aromatic rings. The van der Waals surface area contributed by atoms with E-state index in [-0.39, 0.29) is 16.7 Å². The van der Waals surface area contributed by atoms with Crippen LogP contribution in [0.5, 0.6) is 0 Å². The van der Waals surface area contributed by atoms with E-state index in [0.29, 0.717) is 6.42 Å². The highest BCUT2D eigenvalue weighted by Gasteiger charge is 2.47. The Morgan fingerprint density at radius 2 is 1.84 bits per heavy atom. The summed E-state index contributed by atoms with van der Waals surface area (Å²) in [5, 5.41) is 1.05. The Bertz CT molecular complexity index is 1090. The summed E-state index contributed by atoms with van der Waals surface area (Å²) >= 11 is 0. The highest BCUT2D eigenvalue weighted by atomic mass is 16.2. The van der Waals surface area contributed by atoms with Gasteiger partial charge in [0.1, 0.15) is 17.8 Å². The molecule has 1 saturated heterocycles. The van der Waals surface area contributed by atoms with Crippen molar-refractivity contribution in [2.24, 2.45) is 5.41 Å². The van der Waals surface area contributed by atoms with Gasteiger partial charge < -0.3 is 14.8 Å². The molecule has 0 bridgehead atoms. The molecule has 1 saturated carbocycles. The van der Waals surface area contributed by atoms with Crippen LogP contribution >= 0.6 is 0 Å².